The smallest absolute Gasteiger partial charge is 0.256 e. The lowest BCUT2D eigenvalue weighted by molar-refractivity contribution is 0.102. The Bertz CT molecular complexity index is 1480. The topological polar surface area (TPSA) is 91.5 Å². The number of benzene rings is 3. The molecule has 10 heteroatoms. The molecule has 2 atom stereocenters. The molecule has 1 amide bonds. The minimum Gasteiger partial charge on any atom is -0.495 e. The lowest BCUT2D eigenvalue weighted by Crippen LogP contribution is -2.54. The van der Waals surface area contributed by atoms with Gasteiger partial charge < -0.3 is 25.0 Å². The molecule has 1 fully saturated rings. The number of aryl methyl sites for hydroxylation is 1. The minimum atomic E-state index is -0.206. The highest BCUT2D eigenvalue weighted by molar-refractivity contribution is 6.37. The number of amides is 1. The van der Waals surface area contributed by atoms with Crippen LogP contribution < -0.4 is 25.0 Å². The number of carbonyl (C=O) groups is 1. The van der Waals surface area contributed by atoms with Gasteiger partial charge in [0.2, 0.25) is 0 Å². The molecule has 4 aromatic rings. The number of aromatic nitrogens is 2. The van der Waals surface area contributed by atoms with Gasteiger partial charge in [-0.25, -0.2) is 0 Å². The van der Waals surface area contributed by atoms with E-state index >= 15 is 0 Å². The van der Waals surface area contributed by atoms with Crippen molar-refractivity contribution in [1.29, 1.82) is 0 Å². The maximum Gasteiger partial charge on any atom is 0.256 e. The van der Waals surface area contributed by atoms with Gasteiger partial charge in [0.25, 0.3) is 5.91 Å². The molecule has 40 heavy (non-hydrogen) atoms. The predicted molar refractivity (Wildman–Crippen MR) is 162 cm³/mol. The molecule has 8 nitrogen and oxygen atoms in total. The van der Waals surface area contributed by atoms with Crippen molar-refractivity contribution < 1.29 is 14.3 Å². The van der Waals surface area contributed by atoms with Gasteiger partial charge in [0.15, 0.2) is 5.82 Å². The number of H-pyrrole nitrogens is 1. The van der Waals surface area contributed by atoms with E-state index in [9.17, 15) is 4.79 Å². The third kappa shape index (κ3) is 5.84. The molecular formula is C30H33Cl2N5O3. The number of anilines is 2. The van der Waals surface area contributed by atoms with Gasteiger partial charge in [-0.1, -0.05) is 29.3 Å². The second-order valence-corrected chi connectivity index (χ2v) is 11.0. The third-order valence-electron chi connectivity index (χ3n) is 7.24. The van der Waals surface area contributed by atoms with Crippen LogP contribution in [0.25, 0.3) is 10.9 Å². The first-order valence-corrected chi connectivity index (χ1v) is 14.0. The Morgan fingerprint density at radius 3 is 2.25 bits per heavy atom. The van der Waals surface area contributed by atoms with Crippen molar-refractivity contribution >= 4 is 51.5 Å². The zero-order valence-electron chi connectivity index (χ0n) is 23.0. The van der Waals surface area contributed by atoms with E-state index in [1.165, 1.54) is 0 Å². The minimum absolute atomic E-state index is 0.206. The van der Waals surface area contributed by atoms with Crippen LogP contribution in [0.5, 0.6) is 11.5 Å². The molecule has 1 saturated heterocycles. The van der Waals surface area contributed by atoms with Gasteiger partial charge in [-0.3, -0.25) is 9.89 Å². The fraction of sp³-hybridized carbons (Fsp3) is 0.333. The number of methoxy groups -OCH3 is 2. The van der Waals surface area contributed by atoms with Crippen LogP contribution in [-0.2, 0) is 12.8 Å². The van der Waals surface area contributed by atoms with Gasteiger partial charge in [-0.05, 0) is 74.2 Å². The zero-order chi connectivity index (χ0) is 28.4. The van der Waals surface area contributed by atoms with Crippen LogP contribution in [0.15, 0.2) is 48.5 Å². The van der Waals surface area contributed by atoms with Crippen molar-refractivity contribution in [3.05, 3.63) is 75.3 Å². The summed E-state index contributed by atoms with van der Waals surface area (Å²) in [6.07, 6.45) is 1.28. The van der Waals surface area contributed by atoms with Crippen molar-refractivity contribution in [2.24, 2.45) is 0 Å². The highest BCUT2D eigenvalue weighted by atomic mass is 35.5. The number of piperazine rings is 1. The first-order valence-electron chi connectivity index (χ1n) is 13.3. The Morgan fingerprint density at radius 1 is 0.975 bits per heavy atom. The molecule has 5 rings (SSSR count). The number of hydrogen-bond acceptors (Lipinski definition) is 6. The average molecular weight is 583 g/mol. The summed E-state index contributed by atoms with van der Waals surface area (Å²) in [6, 6.07) is 16.2. The Labute approximate surface area is 243 Å². The number of hydrogen-bond donors (Lipinski definition) is 3. The summed E-state index contributed by atoms with van der Waals surface area (Å²) in [5, 5.41) is 15.7. The summed E-state index contributed by atoms with van der Waals surface area (Å²) in [4.78, 5) is 15.4. The SMILES string of the molecule is COc1cc(OC)c(Cl)c(CCc2ccc3c(NC(=O)c4ccc(N5C[C@@H](C)N[C@@H](C)C5)cc4)n[nH]c3c2)c1Cl. The number of nitrogens with one attached hydrogen (secondary N) is 3. The Kier molecular flexibility index (Phi) is 8.40. The average Bonchev–Trinajstić information content (AvgIpc) is 3.34. The summed E-state index contributed by atoms with van der Waals surface area (Å²) in [5.41, 5.74) is 4.35. The number of aromatic amines is 1. The van der Waals surface area contributed by atoms with E-state index in [-0.39, 0.29) is 5.91 Å². The Balaban J connectivity index is 1.26. The summed E-state index contributed by atoms with van der Waals surface area (Å²) in [7, 11) is 3.12. The molecule has 3 N–H and O–H groups in total. The lowest BCUT2D eigenvalue weighted by Gasteiger charge is -2.37. The number of fused-ring (bicyclic) bond motifs is 1. The molecule has 1 aliphatic rings. The number of nitrogens with zero attached hydrogens (tertiary/aromatic N) is 2. The van der Waals surface area contributed by atoms with Gasteiger partial charge in [-0.2, -0.15) is 5.10 Å². The van der Waals surface area contributed by atoms with Crippen LogP contribution in [-0.4, -0.2) is 55.5 Å². The van der Waals surface area contributed by atoms with Crippen LogP contribution in [0, 0.1) is 0 Å². The Hall–Kier alpha value is -3.46. The zero-order valence-corrected chi connectivity index (χ0v) is 24.5. The molecule has 0 radical (unpaired) electrons. The quantitative estimate of drug-likeness (QED) is 0.232. The summed E-state index contributed by atoms with van der Waals surface area (Å²) < 4.78 is 10.8. The molecule has 0 saturated carbocycles. The van der Waals surface area contributed by atoms with E-state index in [2.05, 4.69) is 39.6 Å². The van der Waals surface area contributed by atoms with Gasteiger partial charge in [0.1, 0.15) is 11.5 Å². The lowest BCUT2D eigenvalue weighted by atomic mass is 10.0. The highest BCUT2D eigenvalue weighted by Crippen LogP contribution is 2.41. The molecule has 0 unspecified atom stereocenters. The van der Waals surface area contributed by atoms with Crippen molar-refractivity contribution in [1.82, 2.24) is 15.5 Å². The van der Waals surface area contributed by atoms with E-state index in [1.807, 2.05) is 42.5 Å². The fourth-order valence-corrected chi connectivity index (χ4v) is 5.97. The highest BCUT2D eigenvalue weighted by Gasteiger charge is 2.22. The van der Waals surface area contributed by atoms with Crippen LogP contribution in [0.2, 0.25) is 10.0 Å². The van der Waals surface area contributed by atoms with Crippen LogP contribution in [0.1, 0.15) is 35.3 Å². The molecule has 0 spiro atoms. The Morgan fingerprint density at radius 2 is 1.62 bits per heavy atom. The van der Waals surface area contributed by atoms with Crippen molar-refractivity contribution in [2.45, 2.75) is 38.8 Å². The van der Waals surface area contributed by atoms with E-state index < -0.39 is 0 Å². The van der Waals surface area contributed by atoms with Gasteiger partial charge in [-0.15, -0.1) is 0 Å². The number of halogens is 2. The molecule has 3 aromatic carbocycles. The van der Waals surface area contributed by atoms with Crippen molar-refractivity contribution in [3.63, 3.8) is 0 Å². The fourth-order valence-electron chi connectivity index (χ4n) is 5.28. The number of rotatable bonds is 8. The second kappa shape index (κ2) is 12.0. The monoisotopic (exact) mass is 581 g/mol. The molecule has 2 heterocycles. The predicted octanol–water partition coefficient (Wildman–Crippen LogP) is 6.11. The molecule has 1 aliphatic heterocycles. The molecule has 0 bridgehead atoms. The first-order chi connectivity index (χ1) is 19.3. The van der Waals surface area contributed by atoms with E-state index in [0.29, 0.717) is 57.9 Å². The van der Waals surface area contributed by atoms with E-state index in [4.69, 9.17) is 32.7 Å². The van der Waals surface area contributed by atoms with Crippen LogP contribution in [0.4, 0.5) is 11.5 Å². The van der Waals surface area contributed by atoms with E-state index in [0.717, 1.165) is 40.8 Å². The maximum atomic E-state index is 13.0. The largest absolute Gasteiger partial charge is 0.495 e. The molecular weight excluding hydrogens is 549 g/mol. The van der Waals surface area contributed by atoms with Gasteiger partial charge >= 0.3 is 0 Å². The normalized spacial score (nSPS) is 17.2. The summed E-state index contributed by atoms with van der Waals surface area (Å²) in [6.45, 7) is 6.24. The molecule has 210 valence electrons. The summed E-state index contributed by atoms with van der Waals surface area (Å²) >= 11 is 13.1. The van der Waals surface area contributed by atoms with Crippen molar-refractivity contribution in [2.75, 3.05) is 37.5 Å². The third-order valence-corrected chi connectivity index (χ3v) is 8.07. The summed E-state index contributed by atoms with van der Waals surface area (Å²) in [5.74, 6) is 1.32. The van der Waals surface area contributed by atoms with Crippen LogP contribution >= 0.6 is 23.2 Å². The van der Waals surface area contributed by atoms with Gasteiger partial charge in [0.05, 0.1) is 29.8 Å². The number of ether oxygens (including phenoxy) is 2. The van der Waals surface area contributed by atoms with Crippen molar-refractivity contribution in [3.8, 4) is 11.5 Å². The number of carbonyl (C=O) groups excluding carboxylic acids is 1. The first kappa shape index (κ1) is 28.1. The van der Waals surface area contributed by atoms with Gasteiger partial charge in [0, 0.05) is 47.9 Å². The second-order valence-electron chi connectivity index (χ2n) is 10.2. The maximum absolute atomic E-state index is 13.0. The molecule has 0 aliphatic carbocycles. The standard InChI is InChI=1S/C30H33Cl2N5O3/c1-17-15-37(16-18(2)33-17)21-9-7-20(8-10-21)30(38)34-29-22-11-5-19(13-24(22)35-36-29)6-12-23-27(31)25(39-3)14-26(40-4)28(23)32/h5,7-11,13-14,17-18,33H,6,12,15-16H2,1-4H3,(H2,34,35,36,38)/t17-,18+. The van der Waals surface area contributed by atoms with Crippen LogP contribution in [0.3, 0.4) is 0 Å². The van der Waals surface area contributed by atoms with E-state index in [1.54, 1.807) is 20.3 Å². The molecule has 1 aromatic heterocycles.